The van der Waals surface area contributed by atoms with Gasteiger partial charge >= 0.3 is 0 Å². The second-order valence-corrected chi connectivity index (χ2v) is 6.79. The van der Waals surface area contributed by atoms with Gasteiger partial charge in [-0.1, -0.05) is 18.2 Å². The number of carbonyl (C=O) groups is 1. The Balaban J connectivity index is 1.42. The van der Waals surface area contributed by atoms with Crippen molar-refractivity contribution in [2.24, 2.45) is 0 Å². The van der Waals surface area contributed by atoms with Gasteiger partial charge < -0.3 is 14.8 Å². The Morgan fingerprint density at radius 2 is 1.89 bits per heavy atom. The van der Waals surface area contributed by atoms with Crippen molar-refractivity contribution < 1.29 is 14.3 Å². The molecule has 2 heterocycles. The van der Waals surface area contributed by atoms with Gasteiger partial charge in [0.05, 0.1) is 25.8 Å². The lowest BCUT2D eigenvalue weighted by Gasteiger charge is -2.26. The summed E-state index contributed by atoms with van der Waals surface area (Å²) in [6.07, 6.45) is 0. The summed E-state index contributed by atoms with van der Waals surface area (Å²) in [5.74, 6) is 0.544. The van der Waals surface area contributed by atoms with Crippen molar-refractivity contribution in [3.05, 3.63) is 65.9 Å². The Bertz CT molecular complexity index is 966. The molecule has 0 aliphatic carbocycles. The number of rotatable bonds is 5. The van der Waals surface area contributed by atoms with Gasteiger partial charge in [-0.05, 0) is 42.0 Å². The molecule has 1 aromatic heterocycles. The predicted octanol–water partition coefficient (Wildman–Crippen LogP) is 3.33. The molecule has 0 spiro atoms. The fraction of sp³-hybridized carbons (Fsp3) is 0.273. The molecule has 144 valence electrons. The van der Waals surface area contributed by atoms with Crippen molar-refractivity contribution in [3.8, 4) is 5.75 Å². The van der Waals surface area contributed by atoms with Crippen molar-refractivity contribution in [2.75, 3.05) is 38.7 Å². The van der Waals surface area contributed by atoms with E-state index in [9.17, 15) is 4.79 Å². The first-order chi connectivity index (χ1) is 13.7. The number of morpholine rings is 1. The number of aromatic nitrogens is 1. The van der Waals surface area contributed by atoms with Gasteiger partial charge in [0.1, 0.15) is 11.4 Å². The van der Waals surface area contributed by atoms with Gasteiger partial charge in [-0.25, -0.2) is 4.98 Å². The number of nitrogens with one attached hydrogen (secondary N) is 1. The summed E-state index contributed by atoms with van der Waals surface area (Å²) in [5.41, 5.74) is 3.12. The third-order valence-electron chi connectivity index (χ3n) is 4.85. The molecule has 4 rings (SSSR count). The van der Waals surface area contributed by atoms with Crippen LogP contribution in [0.5, 0.6) is 5.75 Å². The molecule has 1 aliphatic heterocycles. The molecule has 0 radical (unpaired) electrons. The topological polar surface area (TPSA) is 63.7 Å². The predicted molar refractivity (Wildman–Crippen MR) is 109 cm³/mol. The number of hydrogen-bond donors (Lipinski definition) is 1. The van der Waals surface area contributed by atoms with Crippen LogP contribution in [0.3, 0.4) is 0 Å². The minimum absolute atomic E-state index is 0.223. The molecule has 0 bridgehead atoms. The number of ether oxygens (including phenoxy) is 2. The number of amides is 1. The average Bonchev–Trinajstić information content (AvgIpc) is 2.75. The Morgan fingerprint density at radius 1 is 1.11 bits per heavy atom. The van der Waals surface area contributed by atoms with E-state index in [4.69, 9.17) is 9.47 Å². The zero-order valence-electron chi connectivity index (χ0n) is 15.9. The number of hydrogen-bond acceptors (Lipinski definition) is 5. The number of anilines is 1. The quantitative estimate of drug-likeness (QED) is 0.739. The van der Waals surface area contributed by atoms with Crippen molar-refractivity contribution in [1.29, 1.82) is 0 Å². The fourth-order valence-electron chi connectivity index (χ4n) is 3.26. The smallest absolute Gasteiger partial charge is 0.274 e. The van der Waals surface area contributed by atoms with Crippen molar-refractivity contribution in [3.63, 3.8) is 0 Å². The minimum Gasteiger partial charge on any atom is -0.497 e. The number of fused-ring (bicyclic) bond motifs is 1. The molecule has 2 aromatic carbocycles. The minimum atomic E-state index is -0.223. The van der Waals surface area contributed by atoms with E-state index in [1.54, 1.807) is 13.2 Å². The summed E-state index contributed by atoms with van der Waals surface area (Å²) >= 11 is 0. The number of pyridine rings is 1. The van der Waals surface area contributed by atoms with Crippen molar-refractivity contribution >= 4 is 22.5 Å². The summed E-state index contributed by atoms with van der Waals surface area (Å²) in [5, 5.41) is 3.85. The van der Waals surface area contributed by atoms with Crippen LogP contribution in [0, 0.1) is 0 Å². The van der Waals surface area contributed by atoms with Crippen LogP contribution >= 0.6 is 0 Å². The molecular formula is C22H23N3O3. The van der Waals surface area contributed by atoms with Crippen LogP contribution in [-0.4, -0.2) is 49.2 Å². The molecule has 6 nitrogen and oxygen atoms in total. The lowest BCUT2D eigenvalue weighted by Crippen LogP contribution is -2.35. The molecule has 1 aliphatic rings. The Hall–Kier alpha value is -2.96. The lowest BCUT2D eigenvalue weighted by molar-refractivity contribution is 0.0342. The van der Waals surface area contributed by atoms with E-state index in [1.165, 1.54) is 5.56 Å². The van der Waals surface area contributed by atoms with Crippen LogP contribution in [0.1, 0.15) is 16.1 Å². The van der Waals surface area contributed by atoms with Gasteiger partial charge in [0.2, 0.25) is 0 Å². The van der Waals surface area contributed by atoms with Crippen LogP contribution in [0.2, 0.25) is 0 Å². The van der Waals surface area contributed by atoms with Crippen LogP contribution < -0.4 is 10.1 Å². The van der Waals surface area contributed by atoms with Crippen molar-refractivity contribution in [2.45, 2.75) is 6.54 Å². The average molecular weight is 377 g/mol. The molecule has 3 aromatic rings. The molecule has 0 atom stereocenters. The number of nitrogens with zero attached hydrogens (tertiary/aromatic N) is 2. The number of carbonyl (C=O) groups excluding carboxylic acids is 1. The van der Waals surface area contributed by atoms with E-state index in [0.29, 0.717) is 5.69 Å². The van der Waals surface area contributed by atoms with Gasteiger partial charge in [0, 0.05) is 30.7 Å². The van der Waals surface area contributed by atoms with E-state index in [1.807, 2.05) is 48.5 Å². The van der Waals surface area contributed by atoms with E-state index in [2.05, 4.69) is 15.2 Å². The molecular weight excluding hydrogens is 354 g/mol. The van der Waals surface area contributed by atoms with Gasteiger partial charge in [-0.3, -0.25) is 9.69 Å². The summed E-state index contributed by atoms with van der Waals surface area (Å²) in [7, 11) is 1.63. The van der Waals surface area contributed by atoms with Crippen LogP contribution in [0.4, 0.5) is 5.69 Å². The van der Waals surface area contributed by atoms with Gasteiger partial charge in [0.25, 0.3) is 5.91 Å². The zero-order valence-corrected chi connectivity index (χ0v) is 15.9. The molecule has 0 unspecified atom stereocenters. The maximum absolute atomic E-state index is 12.6. The first-order valence-electron chi connectivity index (χ1n) is 9.36. The maximum Gasteiger partial charge on any atom is 0.274 e. The highest BCUT2D eigenvalue weighted by Crippen LogP contribution is 2.20. The second-order valence-electron chi connectivity index (χ2n) is 6.79. The van der Waals surface area contributed by atoms with Crippen LogP contribution in [0.15, 0.2) is 54.6 Å². The van der Waals surface area contributed by atoms with E-state index < -0.39 is 0 Å². The lowest BCUT2D eigenvalue weighted by atomic mass is 10.1. The summed E-state index contributed by atoms with van der Waals surface area (Å²) in [6.45, 7) is 4.39. The number of benzene rings is 2. The molecule has 6 heteroatoms. The number of methoxy groups -OCH3 is 1. The third-order valence-corrected chi connectivity index (χ3v) is 4.85. The SMILES string of the molecule is COc1ccc2nc(C(=O)Nc3ccc(CN4CCOCC4)cc3)ccc2c1. The van der Waals surface area contributed by atoms with Gasteiger partial charge in [0.15, 0.2) is 0 Å². The fourth-order valence-corrected chi connectivity index (χ4v) is 3.26. The van der Waals surface area contributed by atoms with E-state index in [-0.39, 0.29) is 5.91 Å². The Kier molecular flexibility index (Phi) is 5.50. The monoisotopic (exact) mass is 377 g/mol. The largest absolute Gasteiger partial charge is 0.497 e. The van der Waals surface area contributed by atoms with E-state index in [0.717, 1.165) is 55.2 Å². The molecule has 28 heavy (non-hydrogen) atoms. The molecule has 1 saturated heterocycles. The molecule has 1 amide bonds. The van der Waals surface area contributed by atoms with Crippen LogP contribution in [0.25, 0.3) is 10.9 Å². The standard InChI is InChI=1S/C22H23N3O3/c1-27-19-7-9-20-17(14-19)4-8-21(24-20)22(26)23-18-5-2-16(3-6-18)15-25-10-12-28-13-11-25/h2-9,14H,10-13,15H2,1H3,(H,23,26). The molecule has 0 saturated carbocycles. The highest BCUT2D eigenvalue weighted by atomic mass is 16.5. The first kappa shape index (κ1) is 18.4. The highest BCUT2D eigenvalue weighted by Gasteiger charge is 2.12. The maximum atomic E-state index is 12.6. The molecule has 1 fully saturated rings. The second kappa shape index (κ2) is 8.37. The van der Waals surface area contributed by atoms with Gasteiger partial charge in [-0.2, -0.15) is 0 Å². The first-order valence-corrected chi connectivity index (χ1v) is 9.36. The normalized spacial score (nSPS) is 14.8. The summed E-state index contributed by atoms with van der Waals surface area (Å²) in [6, 6.07) is 17.2. The van der Waals surface area contributed by atoms with Crippen molar-refractivity contribution in [1.82, 2.24) is 9.88 Å². The Morgan fingerprint density at radius 3 is 2.64 bits per heavy atom. The molecule has 1 N–H and O–H groups in total. The summed E-state index contributed by atoms with van der Waals surface area (Å²) in [4.78, 5) is 19.4. The van der Waals surface area contributed by atoms with E-state index >= 15 is 0 Å². The van der Waals surface area contributed by atoms with Crippen LogP contribution in [-0.2, 0) is 11.3 Å². The summed E-state index contributed by atoms with van der Waals surface area (Å²) < 4.78 is 10.6. The van der Waals surface area contributed by atoms with Gasteiger partial charge in [-0.15, -0.1) is 0 Å². The zero-order chi connectivity index (χ0) is 19.3. The highest BCUT2D eigenvalue weighted by molar-refractivity contribution is 6.04. The Labute approximate surface area is 164 Å². The third kappa shape index (κ3) is 4.30.